The van der Waals surface area contributed by atoms with Crippen LogP contribution in [0.1, 0.15) is 62.4 Å². The summed E-state index contributed by atoms with van der Waals surface area (Å²) in [6.45, 7) is 5.70. The van der Waals surface area contributed by atoms with Gasteiger partial charge >= 0.3 is 5.97 Å². The molecule has 0 atom stereocenters. The van der Waals surface area contributed by atoms with Crippen LogP contribution in [0.5, 0.6) is 0 Å². The molecule has 1 saturated carbocycles. The number of ketones is 1. The number of ether oxygens (including phenoxy) is 1. The van der Waals surface area contributed by atoms with Gasteiger partial charge in [-0.3, -0.25) is 4.79 Å². The highest BCUT2D eigenvalue weighted by Crippen LogP contribution is 2.39. The molecule has 0 spiro atoms. The summed E-state index contributed by atoms with van der Waals surface area (Å²) in [6, 6.07) is 1.90. The summed E-state index contributed by atoms with van der Waals surface area (Å²) in [5.41, 5.74) is 3.66. The van der Waals surface area contributed by atoms with Crippen LogP contribution in [0.25, 0.3) is 0 Å². The highest BCUT2D eigenvalue weighted by Gasteiger charge is 2.30. The largest absolute Gasteiger partial charge is 0.465 e. The fraction of sp³-hybridized carbons (Fsp3) is 0.474. The fourth-order valence-electron chi connectivity index (χ4n) is 2.88. The van der Waals surface area contributed by atoms with Crippen molar-refractivity contribution in [2.24, 2.45) is 7.05 Å². The average Bonchev–Trinajstić information content (AvgIpc) is 3.43. The van der Waals surface area contributed by atoms with E-state index in [1.165, 1.54) is 18.9 Å². The number of carbonyl (C=O) groups is 2. The maximum absolute atomic E-state index is 12.7. The summed E-state index contributed by atoms with van der Waals surface area (Å²) in [7, 11) is 3.28. The third-order valence-corrected chi connectivity index (χ3v) is 5.80. The zero-order valence-corrected chi connectivity index (χ0v) is 16.6. The molecule has 0 saturated heterocycles. The summed E-state index contributed by atoms with van der Waals surface area (Å²) >= 11 is 1.28. The van der Waals surface area contributed by atoms with Crippen molar-refractivity contribution in [1.29, 1.82) is 0 Å². The molecule has 1 aliphatic carbocycles. The average molecular weight is 373 g/mol. The predicted octanol–water partition coefficient (Wildman–Crippen LogP) is 3.38. The van der Waals surface area contributed by atoms with Crippen LogP contribution >= 0.6 is 11.8 Å². The third kappa shape index (κ3) is 3.53. The fourth-order valence-corrected chi connectivity index (χ4v) is 3.84. The van der Waals surface area contributed by atoms with E-state index >= 15 is 0 Å². The van der Waals surface area contributed by atoms with Crippen molar-refractivity contribution in [3.8, 4) is 0 Å². The Morgan fingerprint density at radius 1 is 1.27 bits per heavy atom. The van der Waals surface area contributed by atoms with Gasteiger partial charge in [-0.05, 0) is 39.7 Å². The molecule has 2 aromatic rings. The Bertz CT molecular complexity index is 885. The number of aryl methyl sites for hydroxylation is 2. The van der Waals surface area contributed by atoms with E-state index in [9.17, 15) is 9.59 Å². The number of esters is 1. The topological polar surface area (TPSA) is 74.1 Å². The first-order valence-electron chi connectivity index (χ1n) is 8.59. The molecule has 1 fully saturated rings. The van der Waals surface area contributed by atoms with E-state index in [4.69, 9.17) is 4.74 Å². The number of Topliss-reactive ketones (excluding diaryl/α,β-unsaturated/α-hetero) is 1. The lowest BCUT2D eigenvalue weighted by Gasteiger charge is -2.11. The van der Waals surface area contributed by atoms with Crippen molar-refractivity contribution >= 4 is 23.5 Å². The molecule has 0 N–H and O–H groups in total. The lowest BCUT2D eigenvalue weighted by atomic mass is 10.2. The van der Waals surface area contributed by atoms with Crippen molar-refractivity contribution in [2.75, 3.05) is 12.9 Å². The van der Waals surface area contributed by atoms with Crippen LogP contribution in [0.4, 0.5) is 0 Å². The molecule has 1 aliphatic rings. The Hall–Kier alpha value is -2.15. The number of methoxy groups -OCH3 is 1. The Balaban J connectivity index is 1.87. The molecule has 0 aliphatic heterocycles. The minimum Gasteiger partial charge on any atom is -0.465 e. The Morgan fingerprint density at radius 2 is 1.96 bits per heavy atom. The van der Waals surface area contributed by atoms with Gasteiger partial charge in [0.15, 0.2) is 5.78 Å². The van der Waals surface area contributed by atoms with Crippen LogP contribution in [-0.2, 0) is 11.8 Å². The van der Waals surface area contributed by atoms with Crippen molar-refractivity contribution in [2.45, 2.75) is 44.6 Å². The molecule has 0 amide bonds. The van der Waals surface area contributed by atoms with Crippen LogP contribution in [-0.4, -0.2) is 39.2 Å². The maximum Gasteiger partial charge on any atom is 0.342 e. The summed E-state index contributed by atoms with van der Waals surface area (Å²) in [6.07, 6.45) is 2.14. The van der Waals surface area contributed by atoms with Crippen LogP contribution in [0, 0.1) is 20.8 Å². The van der Waals surface area contributed by atoms with E-state index in [-0.39, 0.29) is 11.5 Å². The standard InChI is InChI=1S/C19H23N3O3S/c1-10-8-14(12(3)22(10)4)15(23)9-26-18-16(19(24)25-5)11(2)20-17(21-18)13-6-7-13/h8,13H,6-7,9H2,1-5H3. The number of rotatable bonds is 6. The predicted molar refractivity (Wildman–Crippen MR) is 100 cm³/mol. The van der Waals surface area contributed by atoms with Crippen LogP contribution in [0.2, 0.25) is 0 Å². The van der Waals surface area contributed by atoms with Crippen LogP contribution < -0.4 is 0 Å². The zero-order valence-electron chi connectivity index (χ0n) is 15.8. The van der Waals surface area contributed by atoms with E-state index in [1.54, 1.807) is 6.92 Å². The van der Waals surface area contributed by atoms with E-state index < -0.39 is 5.97 Å². The van der Waals surface area contributed by atoms with E-state index in [0.29, 0.717) is 27.8 Å². The first-order chi connectivity index (χ1) is 12.3. The van der Waals surface area contributed by atoms with Crippen molar-refractivity contribution in [3.05, 3.63) is 40.1 Å². The molecular weight excluding hydrogens is 350 g/mol. The molecule has 0 bridgehead atoms. The minimum atomic E-state index is -0.466. The molecule has 2 heterocycles. The normalized spacial score (nSPS) is 13.7. The monoisotopic (exact) mass is 373 g/mol. The highest BCUT2D eigenvalue weighted by atomic mass is 32.2. The van der Waals surface area contributed by atoms with Crippen molar-refractivity contribution < 1.29 is 14.3 Å². The summed E-state index contributed by atoms with van der Waals surface area (Å²) in [5, 5.41) is 0.532. The first-order valence-corrected chi connectivity index (χ1v) is 9.57. The number of nitrogens with zero attached hydrogens (tertiary/aromatic N) is 3. The molecule has 138 valence electrons. The summed E-state index contributed by atoms with van der Waals surface area (Å²) in [5.74, 6) is 0.906. The van der Waals surface area contributed by atoms with Gasteiger partial charge in [0.05, 0.1) is 18.6 Å². The van der Waals surface area contributed by atoms with Gasteiger partial charge < -0.3 is 9.30 Å². The second kappa shape index (κ2) is 7.23. The molecule has 26 heavy (non-hydrogen) atoms. The molecule has 0 radical (unpaired) electrons. The maximum atomic E-state index is 12.7. The Labute approximate surface area is 157 Å². The van der Waals surface area contributed by atoms with Crippen LogP contribution in [0.15, 0.2) is 11.1 Å². The number of aromatic nitrogens is 3. The Morgan fingerprint density at radius 3 is 2.50 bits per heavy atom. The van der Waals surface area contributed by atoms with E-state index in [1.807, 2.05) is 31.5 Å². The SMILES string of the molecule is COC(=O)c1c(C)nc(C2CC2)nc1SCC(=O)c1cc(C)n(C)c1C. The second-order valence-electron chi connectivity index (χ2n) is 6.67. The molecule has 2 aromatic heterocycles. The van der Waals surface area contributed by atoms with Crippen molar-refractivity contribution in [1.82, 2.24) is 14.5 Å². The zero-order chi connectivity index (χ0) is 19.0. The molecule has 6 nitrogen and oxygen atoms in total. The first kappa shape index (κ1) is 18.6. The van der Waals surface area contributed by atoms with Gasteiger partial charge in [0.1, 0.15) is 16.4 Å². The minimum absolute atomic E-state index is 0.0243. The van der Waals surface area contributed by atoms with Gasteiger partial charge in [-0.2, -0.15) is 0 Å². The number of thioether (sulfide) groups is 1. The third-order valence-electron chi connectivity index (χ3n) is 4.82. The summed E-state index contributed by atoms with van der Waals surface area (Å²) < 4.78 is 6.88. The van der Waals surface area contributed by atoms with E-state index in [0.717, 1.165) is 30.1 Å². The van der Waals surface area contributed by atoms with Gasteiger partial charge in [0.2, 0.25) is 0 Å². The lowest BCUT2D eigenvalue weighted by molar-refractivity contribution is 0.0594. The Kier molecular flexibility index (Phi) is 5.18. The van der Waals surface area contributed by atoms with Gasteiger partial charge in [0, 0.05) is 29.9 Å². The van der Waals surface area contributed by atoms with Gasteiger partial charge in [-0.25, -0.2) is 14.8 Å². The smallest absolute Gasteiger partial charge is 0.342 e. The molecule has 7 heteroatoms. The quantitative estimate of drug-likeness (QED) is 0.334. The number of carbonyl (C=O) groups excluding carboxylic acids is 2. The van der Waals surface area contributed by atoms with Crippen molar-refractivity contribution in [3.63, 3.8) is 0 Å². The van der Waals surface area contributed by atoms with Crippen LogP contribution in [0.3, 0.4) is 0 Å². The van der Waals surface area contributed by atoms with Gasteiger partial charge in [-0.15, -0.1) is 0 Å². The molecule has 0 aromatic carbocycles. The number of hydrogen-bond acceptors (Lipinski definition) is 6. The number of hydrogen-bond donors (Lipinski definition) is 0. The molecule has 0 unspecified atom stereocenters. The summed E-state index contributed by atoms with van der Waals surface area (Å²) in [4.78, 5) is 33.9. The molecular formula is C19H23N3O3S. The lowest BCUT2D eigenvalue weighted by Crippen LogP contribution is -2.12. The highest BCUT2D eigenvalue weighted by molar-refractivity contribution is 8.00. The van der Waals surface area contributed by atoms with Gasteiger partial charge in [-0.1, -0.05) is 11.8 Å². The van der Waals surface area contributed by atoms with E-state index in [2.05, 4.69) is 9.97 Å². The molecule has 3 rings (SSSR count). The van der Waals surface area contributed by atoms with Gasteiger partial charge in [0.25, 0.3) is 0 Å². The second-order valence-corrected chi connectivity index (χ2v) is 7.63.